The number of hydrogen-bond acceptors (Lipinski definition) is 2. The van der Waals surface area contributed by atoms with Gasteiger partial charge in [0.15, 0.2) is 5.78 Å². The first kappa shape index (κ1) is 12.4. The number of nitrogens with zero attached hydrogens (tertiary/aromatic N) is 1. The zero-order valence-electron chi connectivity index (χ0n) is 10.8. The molecular formula is C16H17NO. The second-order valence-electron chi connectivity index (χ2n) is 4.45. The molecule has 0 aliphatic carbocycles. The maximum Gasteiger partial charge on any atom is 0.159 e. The number of anilines is 1. The van der Waals surface area contributed by atoms with E-state index in [1.54, 1.807) is 6.92 Å². The summed E-state index contributed by atoms with van der Waals surface area (Å²) >= 11 is 0. The molecule has 0 fully saturated rings. The van der Waals surface area contributed by atoms with Gasteiger partial charge in [0.2, 0.25) is 0 Å². The van der Waals surface area contributed by atoms with Gasteiger partial charge in [0.05, 0.1) is 0 Å². The molecule has 18 heavy (non-hydrogen) atoms. The summed E-state index contributed by atoms with van der Waals surface area (Å²) in [6, 6.07) is 18.0. The Morgan fingerprint density at radius 2 is 1.78 bits per heavy atom. The van der Waals surface area contributed by atoms with Crippen LogP contribution in [0.5, 0.6) is 0 Å². The van der Waals surface area contributed by atoms with E-state index in [0.29, 0.717) is 0 Å². The van der Waals surface area contributed by atoms with Gasteiger partial charge in [-0.3, -0.25) is 4.79 Å². The molecule has 0 saturated heterocycles. The Labute approximate surface area is 108 Å². The molecule has 0 aliphatic heterocycles. The van der Waals surface area contributed by atoms with Gasteiger partial charge in [0.1, 0.15) is 0 Å². The molecule has 0 radical (unpaired) electrons. The van der Waals surface area contributed by atoms with Crippen molar-refractivity contribution in [3.05, 3.63) is 65.7 Å². The van der Waals surface area contributed by atoms with Crippen molar-refractivity contribution in [3.63, 3.8) is 0 Å². The van der Waals surface area contributed by atoms with Crippen LogP contribution >= 0.6 is 0 Å². The standard InChI is InChI=1S/C16H17NO/c1-13(18)15-8-6-7-14(11-15)12-17(2)16-9-4-3-5-10-16/h3-11H,12H2,1-2H3. The van der Waals surface area contributed by atoms with Crippen molar-refractivity contribution in [2.24, 2.45) is 0 Å². The predicted molar refractivity (Wildman–Crippen MR) is 75.0 cm³/mol. The van der Waals surface area contributed by atoms with Gasteiger partial charge in [-0.2, -0.15) is 0 Å². The third kappa shape index (κ3) is 2.98. The highest BCUT2D eigenvalue weighted by molar-refractivity contribution is 5.94. The molecule has 0 amide bonds. The molecule has 0 saturated carbocycles. The van der Waals surface area contributed by atoms with Gasteiger partial charge in [-0.25, -0.2) is 0 Å². The second kappa shape index (κ2) is 5.50. The Hall–Kier alpha value is -2.09. The molecule has 2 rings (SSSR count). The fourth-order valence-corrected chi connectivity index (χ4v) is 1.94. The zero-order valence-corrected chi connectivity index (χ0v) is 10.8. The van der Waals surface area contributed by atoms with Crippen molar-refractivity contribution >= 4 is 11.5 Å². The number of Topliss-reactive ketones (excluding diaryl/α,β-unsaturated/α-hetero) is 1. The van der Waals surface area contributed by atoms with Crippen molar-refractivity contribution in [2.45, 2.75) is 13.5 Å². The number of carbonyl (C=O) groups excluding carboxylic acids is 1. The summed E-state index contributed by atoms with van der Waals surface area (Å²) in [6.07, 6.45) is 0. The topological polar surface area (TPSA) is 20.3 Å². The smallest absolute Gasteiger partial charge is 0.159 e. The van der Waals surface area contributed by atoms with Crippen LogP contribution in [-0.4, -0.2) is 12.8 Å². The summed E-state index contributed by atoms with van der Waals surface area (Å²) in [5.41, 5.74) is 3.09. The molecule has 0 bridgehead atoms. The lowest BCUT2D eigenvalue weighted by atomic mass is 10.1. The molecule has 0 unspecified atom stereocenters. The number of benzene rings is 2. The molecule has 0 N–H and O–H groups in total. The van der Waals surface area contributed by atoms with Crippen LogP contribution < -0.4 is 4.90 Å². The van der Waals surface area contributed by atoms with Gasteiger partial charge < -0.3 is 4.90 Å². The maximum atomic E-state index is 11.3. The van der Waals surface area contributed by atoms with Crippen molar-refractivity contribution in [3.8, 4) is 0 Å². The fraction of sp³-hybridized carbons (Fsp3) is 0.188. The second-order valence-corrected chi connectivity index (χ2v) is 4.45. The molecule has 0 aliphatic rings. The van der Waals surface area contributed by atoms with Crippen molar-refractivity contribution in [1.29, 1.82) is 0 Å². The summed E-state index contributed by atoms with van der Waals surface area (Å²) < 4.78 is 0. The van der Waals surface area contributed by atoms with Crippen LogP contribution in [0.4, 0.5) is 5.69 Å². The van der Waals surface area contributed by atoms with Crippen molar-refractivity contribution in [2.75, 3.05) is 11.9 Å². The number of ketones is 1. The number of hydrogen-bond donors (Lipinski definition) is 0. The molecule has 0 heterocycles. The zero-order chi connectivity index (χ0) is 13.0. The summed E-state index contributed by atoms with van der Waals surface area (Å²) in [5, 5.41) is 0. The number of rotatable bonds is 4. The number of para-hydroxylation sites is 1. The largest absolute Gasteiger partial charge is 0.370 e. The molecule has 2 heteroatoms. The average molecular weight is 239 g/mol. The van der Waals surface area contributed by atoms with Crippen molar-refractivity contribution < 1.29 is 4.79 Å². The Morgan fingerprint density at radius 1 is 1.06 bits per heavy atom. The Balaban J connectivity index is 2.14. The molecule has 0 spiro atoms. The van der Waals surface area contributed by atoms with Gasteiger partial charge in [0.25, 0.3) is 0 Å². The lowest BCUT2D eigenvalue weighted by Crippen LogP contribution is -2.16. The summed E-state index contributed by atoms with van der Waals surface area (Å²) in [5.74, 6) is 0.110. The van der Waals surface area contributed by atoms with E-state index in [2.05, 4.69) is 24.1 Å². The van der Waals surface area contributed by atoms with E-state index in [1.807, 2.05) is 42.5 Å². The Bertz CT molecular complexity index is 534. The third-order valence-electron chi connectivity index (χ3n) is 2.95. The SMILES string of the molecule is CC(=O)c1cccc(CN(C)c2ccccc2)c1. The highest BCUT2D eigenvalue weighted by atomic mass is 16.1. The lowest BCUT2D eigenvalue weighted by molar-refractivity contribution is 0.101. The first-order chi connectivity index (χ1) is 8.66. The molecular weight excluding hydrogens is 222 g/mol. The van der Waals surface area contributed by atoms with Gasteiger partial charge in [0, 0.05) is 24.8 Å². The van der Waals surface area contributed by atoms with Crippen LogP contribution in [0.3, 0.4) is 0 Å². The molecule has 0 aromatic heterocycles. The van der Waals surface area contributed by atoms with Crippen LogP contribution in [0.1, 0.15) is 22.8 Å². The Morgan fingerprint density at radius 3 is 2.44 bits per heavy atom. The minimum atomic E-state index is 0.110. The molecule has 2 aromatic carbocycles. The highest BCUT2D eigenvalue weighted by Gasteiger charge is 2.04. The van der Waals surface area contributed by atoms with Gasteiger partial charge in [-0.15, -0.1) is 0 Å². The van der Waals surface area contributed by atoms with Crippen LogP contribution in [0.2, 0.25) is 0 Å². The normalized spacial score (nSPS) is 10.1. The van der Waals surface area contributed by atoms with Gasteiger partial charge in [-0.1, -0.05) is 36.4 Å². The molecule has 2 nitrogen and oxygen atoms in total. The van der Waals surface area contributed by atoms with Crippen LogP contribution in [0.25, 0.3) is 0 Å². The fourth-order valence-electron chi connectivity index (χ4n) is 1.94. The molecule has 2 aromatic rings. The minimum absolute atomic E-state index is 0.110. The van der Waals surface area contributed by atoms with E-state index >= 15 is 0 Å². The summed E-state index contributed by atoms with van der Waals surface area (Å²) in [7, 11) is 2.05. The minimum Gasteiger partial charge on any atom is -0.370 e. The average Bonchev–Trinajstić information content (AvgIpc) is 2.40. The van der Waals surface area contributed by atoms with Gasteiger partial charge in [-0.05, 0) is 30.7 Å². The Kier molecular flexibility index (Phi) is 3.78. The lowest BCUT2D eigenvalue weighted by Gasteiger charge is -2.19. The predicted octanol–water partition coefficient (Wildman–Crippen LogP) is 3.53. The van der Waals surface area contributed by atoms with E-state index in [1.165, 1.54) is 5.69 Å². The van der Waals surface area contributed by atoms with Crippen molar-refractivity contribution in [1.82, 2.24) is 0 Å². The molecule has 92 valence electrons. The third-order valence-corrected chi connectivity index (χ3v) is 2.95. The van der Waals surface area contributed by atoms with Gasteiger partial charge >= 0.3 is 0 Å². The highest BCUT2D eigenvalue weighted by Crippen LogP contribution is 2.15. The quantitative estimate of drug-likeness (QED) is 0.761. The van der Waals surface area contributed by atoms with E-state index in [-0.39, 0.29) is 5.78 Å². The molecule has 0 atom stereocenters. The van der Waals surface area contributed by atoms with Crippen LogP contribution in [0.15, 0.2) is 54.6 Å². The van der Waals surface area contributed by atoms with E-state index in [9.17, 15) is 4.79 Å². The summed E-state index contributed by atoms with van der Waals surface area (Å²) in [6.45, 7) is 2.39. The van der Waals surface area contributed by atoms with E-state index in [0.717, 1.165) is 17.7 Å². The first-order valence-corrected chi connectivity index (χ1v) is 6.03. The van der Waals surface area contributed by atoms with Crippen LogP contribution in [-0.2, 0) is 6.54 Å². The van der Waals surface area contributed by atoms with E-state index < -0.39 is 0 Å². The van der Waals surface area contributed by atoms with Crippen LogP contribution in [0, 0.1) is 0 Å². The monoisotopic (exact) mass is 239 g/mol. The van der Waals surface area contributed by atoms with E-state index in [4.69, 9.17) is 0 Å². The maximum absolute atomic E-state index is 11.3. The summed E-state index contributed by atoms with van der Waals surface area (Å²) in [4.78, 5) is 13.5. The first-order valence-electron chi connectivity index (χ1n) is 6.03. The number of carbonyl (C=O) groups is 1.